The minimum Gasteiger partial charge on any atom is -0.484 e. The van der Waals surface area contributed by atoms with Crippen molar-refractivity contribution >= 4 is 84.6 Å². The molecule has 4 unspecified atom stereocenters. The molecular weight excluding hydrogens is 933 g/mol. The number of ether oxygens (including phenoxy) is 4. The summed E-state index contributed by atoms with van der Waals surface area (Å²) in [6.45, 7) is 13.9. The Morgan fingerprint density at radius 1 is 0.540 bits per heavy atom. The fraction of sp³-hybridized carbons (Fsp3) is 0.435. The Morgan fingerprint density at radius 3 is 1.16 bits per heavy atom. The highest BCUT2D eigenvalue weighted by molar-refractivity contribution is 6.30. The molecule has 4 atom stereocenters. The Kier molecular flexibility index (Phi) is 35.9. The molecule has 0 aliphatic heterocycles. The lowest BCUT2D eigenvalue weighted by molar-refractivity contribution is -0.123. The van der Waals surface area contributed by atoms with Crippen LogP contribution in [-0.4, -0.2) is 82.0 Å². The standard InChI is InChI=1S/2C23H31ClN2O3.4ClH.H2O/c2*1-16(2)29-22(19-6-5-7-20(24)13-19)14-26-17(3)12-18-8-10-21(11-9-18)28-15-23(27)25-4;;;;;/h2*5-11,13,16-17,22,26H,12,14-15H2,1-4H3,(H,25,27);4*1H;1H2. The molecule has 2 amide bonds. The molecule has 4 aromatic rings. The van der Waals surface area contributed by atoms with Crippen LogP contribution in [0.1, 0.15) is 76.0 Å². The monoisotopic (exact) mass is 998 g/mol. The quantitative estimate of drug-likeness (QED) is 0.0609. The molecule has 0 aliphatic carbocycles. The summed E-state index contributed by atoms with van der Waals surface area (Å²) >= 11 is 12.3. The van der Waals surface area contributed by atoms with Crippen LogP contribution in [0.2, 0.25) is 10.0 Å². The van der Waals surface area contributed by atoms with E-state index in [4.69, 9.17) is 42.1 Å². The van der Waals surface area contributed by atoms with E-state index in [9.17, 15) is 9.59 Å². The number of likely N-dealkylation sites (N-methyl/N-ethyl adjacent to an activating group) is 2. The Bertz CT molecular complexity index is 1680. The fourth-order valence-electron chi connectivity index (χ4n) is 5.91. The maximum absolute atomic E-state index is 11.3. The van der Waals surface area contributed by atoms with Crippen LogP contribution in [-0.2, 0) is 31.9 Å². The molecule has 0 radical (unpaired) electrons. The second kappa shape index (κ2) is 35.2. The number of hydrogen-bond donors (Lipinski definition) is 4. The van der Waals surface area contributed by atoms with E-state index in [1.165, 1.54) is 11.1 Å². The summed E-state index contributed by atoms with van der Waals surface area (Å²) in [5.41, 5.74) is 4.54. The van der Waals surface area contributed by atoms with Crippen molar-refractivity contribution in [3.05, 3.63) is 129 Å². The first-order chi connectivity index (χ1) is 27.7. The predicted molar refractivity (Wildman–Crippen MR) is 268 cm³/mol. The van der Waals surface area contributed by atoms with Crippen molar-refractivity contribution in [2.45, 2.75) is 90.9 Å². The lowest BCUT2D eigenvalue weighted by Crippen LogP contribution is -2.33. The number of carbonyl (C=O) groups is 2. The van der Waals surface area contributed by atoms with Gasteiger partial charge in [0.2, 0.25) is 0 Å². The average Bonchev–Trinajstić information content (AvgIpc) is 3.20. The first kappa shape index (κ1) is 64.2. The van der Waals surface area contributed by atoms with Crippen molar-refractivity contribution < 1.29 is 34.0 Å². The van der Waals surface area contributed by atoms with Crippen molar-refractivity contribution in [2.24, 2.45) is 0 Å². The Balaban J connectivity index is -0.00000106. The predicted octanol–water partition coefficient (Wildman–Crippen LogP) is 9.17. The third kappa shape index (κ3) is 26.5. The molecule has 0 bridgehead atoms. The molecule has 6 N–H and O–H groups in total. The highest BCUT2D eigenvalue weighted by atomic mass is 35.5. The van der Waals surface area contributed by atoms with Gasteiger partial charge >= 0.3 is 0 Å². The molecule has 4 aromatic carbocycles. The molecule has 0 aromatic heterocycles. The maximum atomic E-state index is 11.3. The smallest absolute Gasteiger partial charge is 0.257 e. The Hall–Kier alpha value is -3.04. The van der Waals surface area contributed by atoms with Crippen LogP contribution in [0, 0.1) is 0 Å². The van der Waals surface area contributed by atoms with Crippen molar-refractivity contribution in [2.75, 3.05) is 40.4 Å². The third-order valence-corrected chi connectivity index (χ3v) is 9.32. The van der Waals surface area contributed by atoms with E-state index < -0.39 is 0 Å². The number of hydrogen-bond acceptors (Lipinski definition) is 8. The lowest BCUT2D eigenvalue weighted by Gasteiger charge is -2.24. The van der Waals surface area contributed by atoms with Crippen LogP contribution in [0.3, 0.4) is 0 Å². The van der Waals surface area contributed by atoms with Crippen LogP contribution < -0.4 is 30.7 Å². The second-order valence-electron chi connectivity index (χ2n) is 14.7. The van der Waals surface area contributed by atoms with Gasteiger partial charge in [0.15, 0.2) is 13.2 Å². The summed E-state index contributed by atoms with van der Waals surface area (Å²) in [6.07, 6.45) is 1.88. The zero-order valence-electron chi connectivity index (χ0n) is 37.3. The van der Waals surface area contributed by atoms with E-state index >= 15 is 0 Å². The van der Waals surface area contributed by atoms with Crippen LogP contribution in [0.4, 0.5) is 0 Å². The maximum Gasteiger partial charge on any atom is 0.257 e. The van der Waals surface area contributed by atoms with Crippen LogP contribution in [0.25, 0.3) is 0 Å². The van der Waals surface area contributed by atoms with Crippen LogP contribution >= 0.6 is 72.8 Å². The van der Waals surface area contributed by atoms with E-state index in [2.05, 4.69) is 35.1 Å². The molecule has 63 heavy (non-hydrogen) atoms. The van der Waals surface area contributed by atoms with Gasteiger partial charge < -0.3 is 45.7 Å². The number of halogens is 6. The summed E-state index contributed by atoms with van der Waals surface area (Å²) in [4.78, 5) is 22.5. The number of rotatable bonds is 22. The van der Waals surface area contributed by atoms with Gasteiger partial charge in [0.25, 0.3) is 11.8 Å². The summed E-state index contributed by atoms with van der Waals surface area (Å²) in [7, 11) is 3.18. The minimum absolute atomic E-state index is 0. The zero-order valence-corrected chi connectivity index (χ0v) is 42.1. The van der Waals surface area contributed by atoms with Gasteiger partial charge in [0, 0.05) is 49.3 Å². The number of benzene rings is 4. The third-order valence-electron chi connectivity index (χ3n) is 8.85. The topological polar surface area (TPSA) is 151 Å². The molecule has 0 saturated carbocycles. The number of carbonyl (C=O) groups excluding carboxylic acids is 2. The largest absolute Gasteiger partial charge is 0.484 e. The van der Waals surface area contributed by atoms with E-state index in [0.29, 0.717) is 34.6 Å². The minimum atomic E-state index is -0.148. The van der Waals surface area contributed by atoms with Gasteiger partial charge in [-0.2, -0.15) is 0 Å². The summed E-state index contributed by atoms with van der Waals surface area (Å²) < 4.78 is 23.1. The number of nitrogens with one attached hydrogen (secondary N) is 4. The molecular formula is C46H68Cl6N4O7. The van der Waals surface area contributed by atoms with Crippen molar-refractivity contribution in [1.29, 1.82) is 0 Å². The van der Waals surface area contributed by atoms with Crippen molar-refractivity contribution in [3.8, 4) is 11.5 Å². The normalized spacial score (nSPS) is 12.1. The molecule has 0 saturated heterocycles. The average molecular weight is 1000 g/mol. The van der Waals surface area contributed by atoms with Gasteiger partial charge in [-0.15, -0.1) is 49.6 Å². The fourth-order valence-corrected chi connectivity index (χ4v) is 6.31. The first-order valence-corrected chi connectivity index (χ1v) is 20.6. The van der Waals surface area contributed by atoms with Gasteiger partial charge in [-0.3, -0.25) is 9.59 Å². The lowest BCUT2D eigenvalue weighted by atomic mass is 10.1. The molecule has 0 aliphatic rings. The van der Waals surface area contributed by atoms with Gasteiger partial charge in [-0.05, 0) is 125 Å². The van der Waals surface area contributed by atoms with E-state index in [0.717, 1.165) is 24.0 Å². The summed E-state index contributed by atoms with van der Waals surface area (Å²) in [5.74, 6) is 1.07. The highest BCUT2D eigenvalue weighted by Gasteiger charge is 2.17. The van der Waals surface area contributed by atoms with E-state index in [1.807, 2.05) is 125 Å². The van der Waals surface area contributed by atoms with Gasteiger partial charge in [0.05, 0.1) is 24.4 Å². The molecule has 0 heterocycles. The SMILES string of the molecule is CNC(=O)COc1ccc(CC(C)NCC(OC(C)C)c2cccc(Cl)c2)cc1.CNC(=O)COc1ccc(CC(C)NCC(OC(C)C)c2cccc(Cl)c2)cc1.Cl.Cl.Cl.Cl.O. The molecule has 0 spiro atoms. The highest BCUT2D eigenvalue weighted by Crippen LogP contribution is 2.24. The van der Waals surface area contributed by atoms with Gasteiger partial charge in [-0.1, -0.05) is 71.7 Å². The zero-order chi connectivity index (χ0) is 42.5. The van der Waals surface area contributed by atoms with Gasteiger partial charge in [0.1, 0.15) is 11.5 Å². The second-order valence-corrected chi connectivity index (χ2v) is 15.6. The number of amides is 2. The van der Waals surface area contributed by atoms with Gasteiger partial charge in [-0.25, -0.2) is 0 Å². The van der Waals surface area contributed by atoms with Crippen molar-refractivity contribution in [3.63, 3.8) is 0 Å². The molecule has 11 nitrogen and oxygen atoms in total. The molecule has 17 heteroatoms. The van der Waals surface area contributed by atoms with Crippen LogP contribution in [0.5, 0.6) is 11.5 Å². The summed E-state index contributed by atoms with van der Waals surface area (Å²) in [6, 6.07) is 31.8. The molecule has 4 rings (SSSR count). The van der Waals surface area contributed by atoms with E-state index in [-0.39, 0.29) is 117 Å². The Labute approximate surface area is 409 Å². The molecule has 356 valence electrons. The van der Waals surface area contributed by atoms with Crippen molar-refractivity contribution in [1.82, 2.24) is 21.3 Å². The van der Waals surface area contributed by atoms with Crippen LogP contribution in [0.15, 0.2) is 97.1 Å². The Morgan fingerprint density at radius 2 is 0.873 bits per heavy atom. The molecule has 0 fully saturated rings. The first-order valence-electron chi connectivity index (χ1n) is 19.9. The summed E-state index contributed by atoms with van der Waals surface area (Å²) in [5, 5.41) is 13.6. The van der Waals surface area contributed by atoms with E-state index in [1.54, 1.807) is 14.1 Å².